The molecular formula is C15H29NO3. The van der Waals surface area contributed by atoms with Crippen LogP contribution in [0.2, 0.25) is 0 Å². The largest absolute Gasteiger partial charge is 0.394 e. The fourth-order valence-electron chi connectivity index (χ4n) is 3.03. The highest BCUT2D eigenvalue weighted by Crippen LogP contribution is 2.40. The van der Waals surface area contributed by atoms with Crippen molar-refractivity contribution in [1.29, 1.82) is 0 Å². The van der Waals surface area contributed by atoms with Gasteiger partial charge in [0.05, 0.1) is 18.8 Å². The smallest absolute Gasteiger partial charge is 0.0681 e. The molecule has 2 N–H and O–H groups in total. The number of ether oxygens (including phenoxy) is 2. The van der Waals surface area contributed by atoms with Gasteiger partial charge < -0.3 is 19.9 Å². The van der Waals surface area contributed by atoms with Crippen LogP contribution >= 0.6 is 0 Å². The van der Waals surface area contributed by atoms with Crippen molar-refractivity contribution >= 4 is 0 Å². The van der Waals surface area contributed by atoms with Crippen LogP contribution in [-0.4, -0.2) is 49.7 Å². The summed E-state index contributed by atoms with van der Waals surface area (Å²) in [7, 11) is 0. The zero-order valence-electron chi connectivity index (χ0n) is 12.4. The predicted octanol–water partition coefficient (Wildman–Crippen LogP) is 1.57. The average molecular weight is 271 g/mol. The van der Waals surface area contributed by atoms with E-state index in [0.717, 1.165) is 32.7 Å². The predicted molar refractivity (Wildman–Crippen MR) is 75.2 cm³/mol. The van der Waals surface area contributed by atoms with Crippen molar-refractivity contribution in [2.45, 2.75) is 51.1 Å². The minimum absolute atomic E-state index is 0.170. The number of rotatable bonds is 8. The third kappa shape index (κ3) is 4.42. The zero-order valence-corrected chi connectivity index (χ0v) is 12.4. The fraction of sp³-hybridized carbons (Fsp3) is 1.00. The summed E-state index contributed by atoms with van der Waals surface area (Å²) >= 11 is 0. The van der Waals surface area contributed by atoms with Crippen LogP contribution in [0.3, 0.4) is 0 Å². The van der Waals surface area contributed by atoms with Crippen LogP contribution < -0.4 is 5.32 Å². The Morgan fingerprint density at radius 3 is 2.47 bits per heavy atom. The normalized spacial score (nSPS) is 24.6. The summed E-state index contributed by atoms with van der Waals surface area (Å²) in [5.41, 5.74) is -0.223. The molecule has 1 aliphatic heterocycles. The molecule has 1 saturated carbocycles. The van der Waals surface area contributed by atoms with Gasteiger partial charge in [-0.05, 0) is 37.5 Å². The van der Waals surface area contributed by atoms with Crippen molar-refractivity contribution in [2.75, 3.05) is 33.0 Å². The maximum absolute atomic E-state index is 9.81. The molecule has 19 heavy (non-hydrogen) atoms. The van der Waals surface area contributed by atoms with E-state index in [1.807, 2.05) is 0 Å². The van der Waals surface area contributed by atoms with E-state index >= 15 is 0 Å². The van der Waals surface area contributed by atoms with Crippen molar-refractivity contribution in [3.8, 4) is 0 Å². The molecule has 0 radical (unpaired) electrons. The van der Waals surface area contributed by atoms with Gasteiger partial charge in [-0.1, -0.05) is 13.8 Å². The van der Waals surface area contributed by atoms with E-state index in [0.29, 0.717) is 24.5 Å². The lowest BCUT2D eigenvalue weighted by Gasteiger charge is -2.36. The molecule has 1 aliphatic carbocycles. The van der Waals surface area contributed by atoms with Crippen molar-refractivity contribution < 1.29 is 14.6 Å². The first-order valence-electron chi connectivity index (χ1n) is 7.70. The number of aliphatic hydroxyl groups excluding tert-OH is 1. The monoisotopic (exact) mass is 271 g/mol. The molecule has 2 aliphatic rings. The van der Waals surface area contributed by atoms with E-state index in [9.17, 15) is 5.11 Å². The highest BCUT2D eigenvalue weighted by molar-refractivity contribution is 5.01. The van der Waals surface area contributed by atoms with Gasteiger partial charge in [-0.3, -0.25) is 0 Å². The number of aliphatic hydroxyl groups is 1. The molecule has 4 nitrogen and oxygen atoms in total. The van der Waals surface area contributed by atoms with E-state index in [-0.39, 0.29) is 12.1 Å². The molecule has 112 valence electrons. The summed E-state index contributed by atoms with van der Waals surface area (Å²) in [6, 6.07) is 0.374. The molecule has 1 heterocycles. The van der Waals surface area contributed by atoms with Gasteiger partial charge in [0.25, 0.3) is 0 Å². The molecular weight excluding hydrogens is 242 g/mol. The molecule has 4 heteroatoms. The van der Waals surface area contributed by atoms with Crippen LogP contribution in [0.15, 0.2) is 0 Å². The molecule has 0 aromatic heterocycles. The van der Waals surface area contributed by atoms with E-state index in [4.69, 9.17) is 9.47 Å². The van der Waals surface area contributed by atoms with E-state index in [2.05, 4.69) is 19.2 Å². The van der Waals surface area contributed by atoms with E-state index in [1.54, 1.807) is 0 Å². The first-order chi connectivity index (χ1) is 9.16. The molecule has 0 aromatic rings. The topological polar surface area (TPSA) is 50.7 Å². The Balaban J connectivity index is 1.78. The SMILES string of the molecule is CC(C)NC(CO)(COCC1CCOCC1)C1CC1. The van der Waals surface area contributed by atoms with Crippen LogP contribution in [0, 0.1) is 11.8 Å². The van der Waals surface area contributed by atoms with Gasteiger partial charge in [-0.2, -0.15) is 0 Å². The van der Waals surface area contributed by atoms with Crippen LogP contribution in [0.5, 0.6) is 0 Å². The molecule has 0 aromatic carbocycles. The second kappa shape index (κ2) is 7.02. The fourth-order valence-corrected chi connectivity index (χ4v) is 3.03. The second-order valence-electron chi connectivity index (χ2n) is 6.46. The molecule has 2 rings (SSSR count). The molecule has 1 unspecified atom stereocenters. The molecule has 1 atom stereocenters. The van der Waals surface area contributed by atoms with Crippen LogP contribution in [-0.2, 0) is 9.47 Å². The standard InChI is InChI=1S/C15H29NO3/c1-12(2)16-15(10-17,14-3-4-14)11-19-9-13-5-7-18-8-6-13/h12-14,16-17H,3-11H2,1-2H3. The minimum Gasteiger partial charge on any atom is -0.394 e. The summed E-state index contributed by atoms with van der Waals surface area (Å²) < 4.78 is 11.3. The average Bonchev–Trinajstić information content (AvgIpc) is 3.23. The lowest BCUT2D eigenvalue weighted by atomic mass is 9.94. The Labute approximate surface area is 116 Å². The maximum Gasteiger partial charge on any atom is 0.0681 e. The Morgan fingerprint density at radius 1 is 1.26 bits per heavy atom. The third-order valence-corrected chi connectivity index (χ3v) is 4.27. The van der Waals surface area contributed by atoms with Gasteiger partial charge in [-0.15, -0.1) is 0 Å². The van der Waals surface area contributed by atoms with Crippen LogP contribution in [0.1, 0.15) is 39.5 Å². The Kier molecular flexibility index (Phi) is 5.63. The maximum atomic E-state index is 9.81. The quantitative estimate of drug-likeness (QED) is 0.703. The van der Waals surface area contributed by atoms with Crippen LogP contribution in [0.25, 0.3) is 0 Å². The Morgan fingerprint density at radius 2 is 1.95 bits per heavy atom. The van der Waals surface area contributed by atoms with Crippen molar-refractivity contribution in [2.24, 2.45) is 11.8 Å². The highest BCUT2D eigenvalue weighted by Gasteiger charge is 2.45. The van der Waals surface area contributed by atoms with Crippen molar-refractivity contribution in [3.05, 3.63) is 0 Å². The minimum atomic E-state index is -0.223. The summed E-state index contributed by atoms with van der Waals surface area (Å²) in [4.78, 5) is 0. The summed E-state index contributed by atoms with van der Waals surface area (Å²) in [6.45, 7) is 7.60. The molecule has 0 bridgehead atoms. The zero-order chi connectivity index (χ0) is 13.7. The highest BCUT2D eigenvalue weighted by atomic mass is 16.5. The number of hydrogen-bond acceptors (Lipinski definition) is 4. The van der Waals surface area contributed by atoms with E-state index < -0.39 is 0 Å². The van der Waals surface area contributed by atoms with Gasteiger partial charge >= 0.3 is 0 Å². The lowest BCUT2D eigenvalue weighted by Crippen LogP contribution is -2.57. The molecule has 1 saturated heterocycles. The van der Waals surface area contributed by atoms with Gasteiger partial charge in [0.15, 0.2) is 0 Å². The summed E-state index contributed by atoms with van der Waals surface area (Å²) in [5.74, 6) is 1.21. The van der Waals surface area contributed by atoms with Gasteiger partial charge in [0.2, 0.25) is 0 Å². The van der Waals surface area contributed by atoms with Gasteiger partial charge in [0, 0.05) is 25.9 Å². The Hall–Kier alpha value is -0.160. The molecule has 0 spiro atoms. The van der Waals surface area contributed by atoms with Crippen LogP contribution in [0.4, 0.5) is 0 Å². The van der Waals surface area contributed by atoms with Crippen molar-refractivity contribution in [1.82, 2.24) is 5.32 Å². The molecule has 0 amide bonds. The summed E-state index contributed by atoms with van der Waals surface area (Å²) in [6.07, 6.45) is 4.63. The van der Waals surface area contributed by atoms with E-state index in [1.165, 1.54) is 12.8 Å². The number of nitrogens with one attached hydrogen (secondary N) is 1. The Bertz CT molecular complexity index is 262. The second-order valence-corrected chi connectivity index (χ2v) is 6.46. The van der Waals surface area contributed by atoms with Crippen molar-refractivity contribution in [3.63, 3.8) is 0 Å². The molecule has 2 fully saturated rings. The number of hydrogen-bond donors (Lipinski definition) is 2. The summed E-state index contributed by atoms with van der Waals surface area (Å²) in [5, 5.41) is 13.4. The third-order valence-electron chi connectivity index (χ3n) is 4.27. The van der Waals surface area contributed by atoms with Gasteiger partial charge in [-0.25, -0.2) is 0 Å². The first-order valence-corrected chi connectivity index (χ1v) is 7.70. The first kappa shape index (κ1) is 15.2. The van der Waals surface area contributed by atoms with Gasteiger partial charge in [0.1, 0.15) is 0 Å². The lowest BCUT2D eigenvalue weighted by molar-refractivity contribution is -0.0177.